The van der Waals surface area contributed by atoms with Crippen molar-refractivity contribution < 1.29 is 18.6 Å². The molecule has 1 rings (SSSR count). The van der Waals surface area contributed by atoms with Gasteiger partial charge in [-0.3, -0.25) is 4.57 Å². The number of hydrogen-bond acceptors (Lipinski definition) is 4. The van der Waals surface area contributed by atoms with Crippen LogP contribution in [-0.4, -0.2) is 31.5 Å². The molecule has 0 aliphatic heterocycles. The van der Waals surface area contributed by atoms with Crippen molar-refractivity contribution in [2.75, 3.05) is 26.0 Å². The number of rotatable bonds is 9. The molecule has 0 amide bonds. The fourth-order valence-electron chi connectivity index (χ4n) is 3.03. The molecular weight excluding hydrogens is 275 g/mol. The fraction of sp³-hybridized carbons (Fsp3) is 1.00. The number of hydrogen-bond donors (Lipinski definition) is 0. The lowest BCUT2D eigenvalue weighted by atomic mass is 9.91. The fourth-order valence-corrected chi connectivity index (χ4v) is 5.81. The lowest BCUT2D eigenvalue weighted by Gasteiger charge is -2.38. The molecule has 1 atom stereocenters. The predicted molar refractivity (Wildman–Crippen MR) is 82.3 cm³/mol. The Kier molecular flexibility index (Phi) is 7.74. The van der Waals surface area contributed by atoms with E-state index in [0.717, 1.165) is 12.8 Å². The Morgan fingerprint density at radius 3 is 2.00 bits per heavy atom. The van der Waals surface area contributed by atoms with Crippen molar-refractivity contribution in [1.29, 1.82) is 0 Å². The van der Waals surface area contributed by atoms with Crippen LogP contribution in [0.2, 0.25) is 0 Å². The highest BCUT2D eigenvalue weighted by Crippen LogP contribution is 2.62. The first-order chi connectivity index (χ1) is 9.51. The van der Waals surface area contributed by atoms with E-state index < -0.39 is 12.9 Å². The summed E-state index contributed by atoms with van der Waals surface area (Å²) in [5, 5.41) is 0. The van der Waals surface area contributed by atoms with Crippen LogP contribution in [0.25, 0.3) is 0 Å². The Hall–Kier alpha value is 0.110. The zero-order valence-electron chi connectivity index (χ0n) is 13.5. The third-order valence-corrected chi connectivity index (χ3v) is 7.17. The molecule has 1 saturated carbocycles. The van der Waals surface area contributed by atoms with Crippen LogP contribution >= 0.6 is 7.37 Å². The van der Waals surface area contributed by atoms with Crippen molar-refractivity contribution in [1.82, 2.24) is 0 Å². The first-order valence-corrected chi connectivity index (χ1v) is 9.84. The van der Waals surface area contributed by atoms with E-state index in [0.29, 0.717) is 31.9 Å². The smallest absolute Gasteiger partial charge is 0.260 e. The van der Waals surface area contributed by atoms with Gasteiger partial charge in [0.25, 0.3) is 7.37 Å². The summed E-state index contributed by atoms with van der Waals surface area (Å²) in [5.74, 6) is 0.473. The lowest BCUT2D eigenvalue weighted by molar-refractivity contribution is -0.168. The van der Waals surface area contributed by atoms with Crippen LogP contribution in [-0.2, 0) is 18.6 Å². The van der Waals surface area contributed by atoms with Gasteiger partial charge in [0.1, 0.15) is 0 Å². The minimum Gasteiger partial charge on any atom is -0.342 e. The van der Waals surface area contributed by atoms with Gasteiger partial charge in [-0.05, 0) is 46.5 Å². The van der Waals surface area contributed by atoms with Crippen molar-refractivity contribution in [3.05, 3.63) is 0 Å². The summed E-state index contributed by atoms with van der Waals surface area (Å²) in [6.45, 7) is 8.82. The average Bonchev–Trinajstić information content (AvgIpc) is 2.40. The first-order valence-electron chi connectivity index (χ1n) is 8.03. The standard InChI is InChI=1S/C15H31O4P/c1-5-17-15(4,18-6-2)20(16,19-7-3)13-14-11-9-8-10-12-14/h14H,5-13H2,1-4H3/t20-/m0/s1. The zero-order valence-corrected chi connectivity index (χ0v) is 14.4. The minimum absolute atomic E-state index is 0.430. The van der Waals surface area contributed by atoms with E-state index in [9.17, 15) is 4.57 Å². The van der Waals surface area contributed by atoms with Gasteiger partial charge in [-0.2, -0.15) is 0 Å². The first kappa shape index (κ1) is 18.2. The average molecular weight is 306 g/mol. The van der Waals surface area contributed by atoms with Crippen LogP contribution in [0.1, 0.15) is 59.8 Å². The molecule has 0 heterocycles. The van der Waals surface area contributed by atoms with Crippen LogP contribution in [0, 0.1) is 5.92 Å². The van der Waals surface area contributed by atoms with Gasteiger partial charge in [0.05, 0.1) is 6.61 Å². The largest absolute Gasteiger partial charge is 0.342 e. The minimum atomic E-state index is -2.99. The van der Waals surface area contributed by atoms with Gasteiger partial charge in [-0.1, -0.05) is 19.3 Å². The van der Waals surface area contributed by atoms with Crippen LogP contribution in [0.4, 0.5) is 0 Å². The second kappa shape index (κ2) is 8.53. The summed E-state index contributed by atoms with van der Waals surface area (Å²) in [7, 11) is -2.99. The van der Waals surface area contributed by atoms with E-state index in [-0.39, 0.29) is 0 Å². The molecule has 0 radical (unpaired) electrons. The molecule has 0 bridgehead atoms. The molecule has 20 heavy (non-hydrogen) atoms. The second-order valence-electron chi connectivity index (χ2n) is 5.54. The Morgan fingerprint density at radius 1 is 1.00 bits per heavy atom. The summed E-state index contributed by atoms with van der Waals surface area (Å²) < 4.78 is 30.6. The van der Waals surface area contributed by atoms with E-state index >= 15 is 0 Å². The highest BCUT2D eigenvalue weighted by Gasteiger charge is 2.48. The number of ether oxygens (including phenoxy) is 2. The second-order valence-corrected chi connectivity index (χ2v) is 8.32. The predicted octanol–water partition coefficient (Wildman–Crippen LogP) is 4.63. The topological polar surface area (TPSA) is 44.8 Å². The van der Waals surface area contributed by atoms with E-state index in [1.807, 2.05) is 20.8 Å². The van der Waals surface area contributed by atoms with Gasteiger partial charge >= 0.3 is 0 Å². The molecule has 120 valence electrons. The van der Waals surface area contributed by atoms with Crippen LogP contribution in [0.3, 0.4) is 0 Å². The molecule has 0 spiro atoms. The summed E-state index contributed by atoms with van der Waals surface area (Å²) in [6, 6.07) is 0. The molecule has 0 aromatic rings. The van der Waals surface area contributed by atoms with Crippen molar-refractivity contribution in [3.8, 4) is 0 Å². The molecule has 1 fully saturated rings. The van der Waals surface area contributed by atoms with Gasteiger partial charge in [-0.15, -0.1) is 0 Å². The van der Waals surface area contributed by atoms with Crippen molar-refractivity contribution in [3.63, 3.8) is 0 Å². The molecule has 0 aromatic carbocycles. The summed E-state index contributed by atoms with van der Waals surface area (Å²) in [4.78, 5) is 0. The molecule has 0 unspecified atom stereocenters. The summed E-state index contributed by atoms with van der Waals surface area (Å²) in [6.07, 6.45) is 6.63. The van der Waals surface area contributed by atoms with Gasteiger partial charge in [-0.25, -0.2) is 0 Å². The summed E-state index contributed by atoms with van der Waals surface area (Å²) in [5.41, 5.74) is -1.11. The Labute approximate surface area is 124 Å². The normalized spacial score (nSPS) is 20.8. The van der Waals surface area contributed by atoms with E-state index in [1.54, 1.807) is 6.92 Å². The molecule has 1 aliphatic rings. The molecule has 4 nitrogen and oxygen atoms in total. The maximum absolute atomic E-state index is 13.4. The SMILES string of the molecule is CCOC(C)(OCC)[P@](=O)(CC1CCCCC1)OCC. The van der Waals surface area contributed by atoms with Crippen molar-refractivity contribution in [2.24, 2.45) is 5.92 Å². The van der Waals surface area contributed by atoms with Crippen LogP contribution in [0.15, 0.2) is 0 Å². The molecule has 0 N–H and O–H groups in total. The Bertz CT molecular complexity index is 307. The Morgan fingerprint density at radius 2 is 1.55 bits per heavy atom. The van der Waals surface area contributed by atoms with Crippen molar-refractivity contribution in [2.45, 2.75) is 65.3 Å². The zero-order chi connectivity index (χ0) is 15.1. The van der Waals surface area contributed by atoms with Gasteiger partial charge in [0.15, 0.2) is 0 Å². The molecular formula is C15H31O4P. The quantitative estimate of drug-likeness (QED) is 0.460. The lowest BCUT2D eigenvalue weighted by Crippen LogP contribution is -2.36. The van der Waals surface area contributed by atoms with Gasteiger partial charge in [0, 0.05) is 19.4 Å². The summed E-state index contributed by atoms with van der Waals surface area (Å²) >= 11 is 0. The van der Waals surface area contributed by atoms with Crippen LogP contribution in [0.5, 0.6) is 0 Å². The molecule has 1 aliphatic carbocycles. The Balaban J connectivity index is 2.88. The highest BCUT2D eigenvalue weighted by atomic mass is 31.2. The third-order valence-electron chi connectivity index (χ3n) is 4.00. The van der Waals surface area contributed by atoms with Gasteiger partial charge in [0.2, 0.25) is 5.53 Å². The monoisotopic (exact) mass is 306 g/mol. The maximum Gasteiger partial charge on any atom is 0.260 e. The van der Waals surface area contributed by atoms with Gasteiger partial charge < -0.3 is 14.0 Å². The van der Waals surface area contributed by atoms with E-state index in [4.69, 9.17) is 14.0 Å². The molecule has 0 aromatic heterocycles. The van der Waals surface area contributed by atoms with Crippen molar-refractivity contribution >= 4 is 7.37 Å². The molecule has 0 saturated heterocycles. The van der Waals surface area contributed by atoms with Crippen LogP contribution < -0.4 is 0 Å². The van der Waals surface area contributed by atoms with E-state index in [2.05, 4.69) is 0 Å². The van der Waals surface area contributed by atoms with E-state index in [1.165, 1.54) is 19.3 Å². The maximum atomic E-state index is 13.4. The molecule has 5 heteroatoms. The third kappa shape index (κ3) is 4.56. The highest BCUT2D eigenvalue weighted by molar-refractivity contribution is 7.60.